The van der Waals surface area contributed by atoms with Crippen molar-refractivity contribution in [2.45, 2.75) is 24.1 Å². The van der Waals surface area contributed by atoms with Crippen LogP contribution < -0.4 is 5.32 Å². The van der Waals surface area contributed by atoms with Crippen LogP contribution in [0.25, 0.3) is 0 Å². The number of benzene rings is 2. The normalized spacial score (nSPS) is 10.4. The van der Waals surface area contributed by atoms with Crippen LogP contribution in [-0.2, 0) is 6.54 Å². The summed E-state index contributed by atoms with van der Waals surface area (Å²) in [4.78, 5) is 0.546. The van der Waals surface area contributed by atoms with E-state index in [-0.39, 0.29) is 0 Å². The van der Waals surface area contributed by atoms with Crippen molar-refractivity contribution >= 4 is 17.4 Å². The minimum Gasteiger partial charge on any atom is -0.381 e. The molecule has 21 heavy (non-hydrogen) atoms. The van der Waals surface area contributed by atoms with E-state index in [0.29, 0.717) is 28.8 Å². The number of alkyl halides is 2. The van der Waals surface area contributed by atoms with Crippen LogP contribution in [0.4, 0.5) is 14.5 Å². The van der Waals surface area contributed by atoms with Crippen molar-refractivity contribution in [3.05, 3.63) is 59.2 Å². The number of hydrogen-bond donors (Lipinski definition) is 1. The third-order valence-corrected chi connectivity index (χ3v) is 3.71. The Labute approximate surface area is 126 Å². The van der Waals surface area contributed by atoms with E-state index in [0.717, 1.165) is 16.8 Å². The number of halogens is 2. The molecule has 0 heterocycles. The number of anilines is 1. The summed E-state index contributed by atoms with van der Waals surface area (Å²) in [5.41, 5.74) is 3.56. The van der Waals surface area contributed by atoms with Gasteiger partial charge in [-0.15, -0.1) is 0 Å². The maximum absolute atomic E-state index is 12.2. The number of thioether (sulfide) groups is 1. The summed E-state index contributed by atoms with van der Waals surface area (Å²) >= 11 is 0.536. The molecule has 0 fully saturated rings. The Morgan fingerprint density at radius 1 is 1.19 bits per heavy atom. The molecule has 108 valence electrons. The third-order valence-electron chi connectivity index (χ3n) is 2.99. The molecular formula is C16H14F2N2S. The zero-order valence-electron chi connectivity index (χ0n) is 11.4. The smallest absolute Gasteiger partial charge is 0.288 e. The van der Waals surface area contributed by atoms with Gasteiger partial charge >= 0.3 is 0 Å². The summed E-state index contributed by atoms with van der Waals surface area (Å²) in [6, 6.07) is 14.7. The van der Waals surface area contributed by atoms with E-state index in [1.165, 1.54) is 0 Å². The number of hydrogen-bond acceptors (Lipinski definition) is 3. The van der Waals surface area contributed by atoms with Crippen molar-refractivity contribution in [3.8, 4) is 6.07 Å². The molecule has 0 saturated carbocycles. The first-order valence-electron chi connectivity index (χ1n) is 6.37. The molecule has 0 atom stereocenters. The molecule has 0 bridgehead atoms. The molecule has 0 aromatic heterocycles. The lowest BCUT2D eigenvalue weighted by Gasteiger charge is -2.08. The SMILES string of the molecule is Cc1cc(CNc2ccc(SC(F)F)cc2)ccc1C#N. The molecule has 2 nitrogen and oxygen atoms in total. The largest absolute Gasteiger partial charge is 0.381 e. The molecule has 2 aromatic carbocycles. The van der Waals surface area contributed by atoms with Crippen molar-refractivity contribution in [3.63, 3.8) is 0 Å². The zero-order chi connectivity index (χ0) is 15.2. The second kappa shape index (κ2) is 7.09. The molecule has 0 amide bonds. The van der Waals surface area contributed by atoms with Crippen LogP contribution in [0.15, 0.2) is 47.4 Å². The van der Waals surface area contributed by atoms with Crippen molar-refractivity contribution in [1.29, 1.82) is 5.26 Å². The average Bonchev–Trinajstić information content (AvgIpc) is 2.46. The fraction of sp³-hybridized carbons (Fsp3) is 0.188. The minimum atomic E-state index is -2.40. The van der Waals surface area contributed by atoms with Crippen LogP contribution in [0.3, 0.4) is 0 Å². The van der Waals surface area contributed by atoms with E-state index < -0.39 is 5.76 Å². The summed E-state index contributed by atoms with van der Waals surface area (Å²) in [6.07, 6.45) is 0. The van der Waals surface area contributed by atoms with E-state index >= 15 is 0 Å². The van der Waals surface area contributed by atoms with E-state index in [2.05, 4.69) is 11.4 Å². The minimum absolute atomic E-state index is 0.536. The lowest BCUT2D eigenvalue weighted by atomic mass is 10.1. The summed E-state index contributed by atoms with van der Waals surface area (Å²) in [5.74, 6) is -2.40. The van der Waals surface area contributed by atoms with Gasteiger partial charge in [-0.05, 0) is 48.4 Å². The molecule has 0 aliphatic carbocycles. The van der Waals surface area contributed by atoms with E-state index in [9.17, 15) is 8.78 Å². The quantitative estimate of drug-likeness (QED) is 0.806. The second-order valence-electron chi connectivity index (χ2n) is 4.52. The molecule has 0 radical (unpaired) electrons. The fourth-order valence-electron chi connectivity index (χ4n) is 1.92. The first kappa shape index (κ1) is 15.3. The third kappa shape index (κ3) is 4.47. The highest BCUT2D eigenvalue weighted by molar-refractivity contribution is 7.99. The van der Waals surface area contributed by atoms with Gasteiger partial charge in [-0.2, -0.15) is 14.0 Å². The van der Waals surface area contributed by atoms with Gasteiger partial charge in [-0.3, -0.25) is 0 Å². The van der Waals surface area contributed by atoms with Crippen molar-refractivity contribution in [1.82, 2.24) is 0 Å². The number of nitriles is 1. The van der Waals surface area contributed by atoms with Gasteiger partial charge in [-0.1, -0.05) is 23.9 Å². The highest BCUT2D eigenvalue weighted by atomic mass is 32.2. The summed E-state index contributed by atoms with van der Waals surface area (Å²) in [6.45, 7) is 2.52. The molecule has 0 saturated heterocycles. The molecule has 2 aromatic rings. The van der Waals surface area contributed by atoms with Crippen molar-refractivity contribution in [2.24, 2.45) is 0 Å². The molecule has 0 aliphatic heterocycles. The summed E-state index contributed by atoms with van der Waals surface area (Å²) in [5, 5.41) is 12.1. The Morgan fingerprint density at radius 3 is 2.48 bits per heavy atom. The van der Waals surface area contributed by atoms with Crippen LogP contribution in [0.2, 0.25) is 0 Å². The molecule has 0 aliphatic rings. The number of nitrogens with one attached hydrogen (secondary N) is 1. The van der Waals surface area contributed by atoms with Crippen LogP contribution in [0.1, 0.15) is 16.7 Å². The average molecular weight is 304 g/mol. The molecule has 5 heteroatoms. The lowest BCUT2D eigenvalue weighted by Crippen LogP contribution is -2.00. The number of aryl methyl sites for hydroxylation is 1. The number of rotatable bonds is 5. The molecule has 0 spiro atoms. The summed E-state index contributed by atoms with van der Waals surface area (Å²) in [7, 11) is 0. The standard InChI is InChI=1S/C16H14F2N2S/c1-11-8-12(2-3-13(11)9-19)10-20-14-4-6-15(7-5-14)21-16(17)18/h2-8,16,20H,10H2,1H3. The molecule has 0 unspecified atom stereocenters. The zero-order valence-corrected chi connectivity index (χ0v) is 12.3. The van der Waals surface area contributed by atoms with E-state index in [1.54, 1.807) is 30.3 Å². The van der Waals surface area contributed by atoms with Gasteiger partial charge in [0, 0.05) is 17.1 Å². The number of nitrogens with zero attached hydrogens (tertiary/aromatic N) is 1. The van der Waals surface area contributed by atoms with Crippen LogP contribution in [-0.4, -0.2) is 5.76 Å². The predicted molar refractivity (Wildman–Crippen MR) is 81.5 cm³/mol. The highest BCUT2D eigenvalue weighted by Gasteiger charge is 2.05. The topological polar surface area (TPSA) is 35.8 Å². The van der Waals surface area contributed by atoms with E-state index in [1.807, 2.05) is 19.1 Å². The Balaban J connectivity index is 1.97. The predicted octanol–water partition coefficient (Wildman–Crippen LogP) is 4.79. The Morgan fingerprint density at radius 2 is 1.90 bits per heavy atom. The maximum Gasteiger partial charge on any atom is 0.288 e. The van der Waals surface area contributed by atoms with E-state index in [4.69, 9.17) is 5.26 Å². The van der Waals surface area contributed by atoms with Crippen LogP contribution in [0.5, 0.6) is 0 Å². The van der Waals surface area contributed by atoms with Gasteiger partial charge in [0.25, 0.3) is 5.76 Å². The highest BCUT2D eigenvalue weighted by Crippen LogP contribution is 2.26. The van der Waals surface area contributed by atoms with Crippen molar-refractivity contribution in [2.75, 3.05) is 5.32 Å². The van der Waals surface area contributed by atoms with Gasteiger partial charge in [0.05, 0.1) is 11.6 Å². The van der Waals surface area contributed by atoms with Gasteiger partial charge in [0.1, 0.15) is 0 Å². The van der Waals surface area contributed by atoms with Gasteiger partial charge in [0.2, 0.25) is 0 Å². The molecule has 1 N–H and O–H groups in total. The van der Waals surface area contributed by atoms with Gasteiger partial charge < -0.3 is 5.32 Å². The van der Waals surface area contributed by atoms with Gasteiger partial charge in [-0.25, -0.2) is 0 Å². The van der Waals surface area contributed by atoms with Gasteiger partial charge in [0.15, 0.2) is 0 Å². The van der Waals surface area contributed by atoms with Crippen LogP contribution in [0, 0.1) is 18.3 Å². The first-order chi connectivity index (χ1) is 10.1. The Hall–Kier alpha value is -2.06. The Bertz CT molecular complexity index is 648. The maximum atomic E-state index is 12.2. The monoisotopic (exact) mass is 304 g/mol. The first-order valence-corrected chi connectivity index (χ1v) is 7.25. The molecular weight excluding hydrogens is 290 g/mol. The lowest BCUT2D eigenvalue weighted by molar-refractivity contribution is 0.252. The second-order valence-corrected chi connectivity index (χ2v) is 5.58. The Kier molecular flexibility index (Phi) is 5.18. The van der Waals surface area contributed by atoms with Crippen molar-refractivity contribution < 1.29 is 8.78 Å². The molecule has 2 rings (SSSR count). The summed E-state index contributed by atoms with van der Waals surface area (Å²) < 4.78 is 24.4. The fourth-order valence-corrected chi connectivity index (χ4v) is 2.42. The van der Waals surface area contributed by atoms with Crippen LogP contribution >= 0.6 is 11.8 Å².